The molecule has 188 valence electrons. The fourth-order valence-electron chi connectivity index (χ4n) is 4.78. The van der Waals surface area contributed by atoms with Gasteiger partial charge in [-0.3, -0.25) is 0 Å². The Bertz CT molecular complexity index is 1080. The van der Waals surface area contributed by atoms with Gasteiger partial charge in [0.1, 0.15) is 0 Å². The quantitative estimate of drug-likeness (QED) is 0.212. The number of rotatable bonds is 13. The van der Waals surface area contributed by atoms with Crippen LogP contribution in [-0.4, -0.2) is 25.8 Å². The second-order valence-corrected chi connectivity index (χ2v) is 11.7. The van der Waals surface area contributed by atoms with Gasteiger partial charge in [0, 0.05) is 13.1 Å². The topological polar surface area (TPSA) is 37.4 Å². The van der Waals surface area contributed by atoms with Crippen molar-refractivity contribution in [3.8, 4) is 0 Å². The van der Waals surface area contributed by atoms with E-state index in [0.717, 1.165) is 24.8 Å². The van der Waals surface area contributed by atoms with Crippen LogP contribution in [-0.2, 0) is 10.0 Å². The summed E-state index contributed by atoms with van der Waals surface area (Å²) < 4.78 is 28.2. The maximum absolute atomic E-state index is 13.3. The highest BCUT2D eigenvalue weighted by Crippen LogP contribution is 2.32. The van der Waals surface area contributed by atoms with Gasteiger partial charge in [0.2, 0.25) is 10.0 Å². The highest BCUT2D eigenvalue weighted by molar-refractivity contribution is 7.89. The average Bonchev–Trinajstić information content (AvgIpc) is 3.26. The molecule has 0 aliphatic carbocycles. The molecule has 1 aliphatic rings. The molecule has 1 heterocycles. The Balaban J connectivity index is 1.71. The lowest BCUT2D eigenvalue weighted by molar-refractivity contribution is 0.457. The van der Waals surface area contributed by atoms with Crippen molar-refractivity contribution in [1.82, 2.24) is 4.31 Å². The van der Waals surface area contributed by atoms with Crippen LogP contribution in [0.15, 0.2) is 89.9 Å². The minimum atomic E-state index is -3.49. The third-order valence-electron chi connectivity index (χ3n) is 6.87. The minimum absolute atomic E-state index is 0.200. The molecule has 0 unspecified atom stereocenters. The summed E-state index contributed by atoms with van der Waals surface area (Å²) in [7, 11) is -3.49. The lowest BCUT2D eigenvalue weighted by atomic mass is 9.92. The van der Waals surface area contributed by atoms with Crippen LogP contribution in [0.5, 0.6) is 0 Å². The molecule has 0 aromatic heterocycles. The first-order valence-electron chi connectivity index (χ1n) is 13.0. The molecular weight excluding hydrogens is 450 g/mol. The number of benzene rings is 2. The van der Waals surface area contributed by atoms with E-state index in [1.807, 2.05) is 25.1 Å². The number of sulfonamides is 1. The molecule has 35 heavy (non-hydrogen) atoms. The summed E-state index contributed by atoms with van der Waals surface area (Å²) in [5, 5.41) is 0. The predicted molar refractivity (Wildman–Crippen MR) is 149 cm³/mol. The molecule has 2 atom stereocenters. The third-order valence-corrected chi connectivity index (χ3v) is 8.72. The molecule has 0 N–H and O–H groups in total. The zero-order chi connectivity index (χ0) is 25.1. The number of hydrogen-bond donors (Lipinski definition) is 0. The van der Waals surface area contributed by atoms with Crippen molar-refractivity contribution in [2.45, 2.75) is 63.7 Å². The molecule has 0 amide bonds. The molecule has 2 aromatic carbocycles. The fourth-order valence-corrected chi connectivity index (χ4v) is 6.32. The van der Waals surface area contributed by atoms with Gasteiger partial charge in [-0.1, -0.05) is 104 Å². The molecule has 4 heteroatoms. The predicted octanol–water partition coefficient (Wildman–Crippen LogP) is 7.81. The molecule has 3 nitrogen and oxygen atoms in total. The van der Waals surface area contributed by atoms with E-state index in [4.69, 9.17) is 0 Å². The molecule has 1 fully saturated rings. The van der Waals surface area contributed by atoms with Gasteiger partial charge in [-0.2, -0.15) is 4.31 Å². The smallest absolute Gasteiger partial charge is 0.207 e. The van der Waals surface area contributed by atoms with Crippen molar-refractivity contribution in [2.24, 2.45) is 11.8 Å². The van der Waals surface area contributed by atoms with Crippen LogP contribution in [0.3, 0.4) is 0 Å². The molecule has 0 saturated carbocycles. The first-order valence-corrected chi connectivity index (χ1v) is 14.5. The fraction of sp³-hybridized carbons (Fsp3) is 0.419. The first-order chi connectivity index (χ1) is 16.9. The monoisotopic (exact) mass is 491 g/mol. The van der Waals surface area contributed by atoms with E-state index in [1.54, 1.807) is 16.4 Å². The highest BCUT2D eigenvalue weighted by atomic mass is 32.2. The third kappa shape index (κ3) is 8.05. The lowest BCUT2D eigenvalue weighted by Gasteiger charge is -2.16. The summed E-state index contributed by atoms with van der Waals surface area (Å²) in [5.74, 6) is 0.460. The van der Waals surface area contributed by atoms with Crippen LogP contribution in [0.2, 0.25) is 0 Å². The largest absolute Gasteiger partial charge is 0.243 e. The summed E-state index contributed by atoms with van der Waals surface area (Å²) in [4.78, 5) is 0.380. The van der Waals surface area contributed by atoms with E-state index in [-0.39, 0.29) is 11.8 Å². The van der Waals surface area contributed by atoms with E-state index in [9.17, 15) is 8.42 Å². The van der Waals surface area contributed by atoms with Gasteiger partial charge < -0.3 is 0 Å². The minimum Gasteiger partial charge on any atom is -0.207 e. The Hall–Kier alpha value is -2.43. The average molecular weight is 492 g/mol. The van der Waals surface area contributed by atoms with Crippen LogP contribution >= 0.6 is 0 Å². The van der Waals surface area contributed by atoms with E-state index in [1.165, 1.54) is 36.8 Å². The number of nitrogens with zero attached hydrogens (tertiary/aromatic N) is 1. The van der Waals surface area contributed by atoms with Crippen molar-refractivity contribution in [2.75, 3.05) is 13.1 Å². The van der Waals surface area contributed by atoms with Gasteiger partial charge >= 0.3 is 0 Å². The second kappa shape index (κ2) is 13.6. The zero-order valence-electron chi connectivity index (χ0n) is 21.4. The zero-order valence-corrected chi connectivity index (χ0v) is 22.2. The van der Waals surface area contributed by atoms with Crippen molar-refractivity contribution >= 4 is 16.1 Å². The second-order valence-electron chi connectivity index (χ2n) is 9.74. The van der Waals surface area contributed by atoms with Gasteiger partial charge in [0.15, 0.2) is 0 Å². The Morgan fingerprint density at radius 1 is 1.03 bits per heavy atom. The number of hydrogen-bond acceptors (Lipinski definition) is 2. The Labute approximate surface area is 213 Å². The van der Waals surface area contributed by atoms with Crippen molar-refractivity contribution < 1.29 is 8.42 Å². The lowest BCUT2D eigenvalue weighted by Crippen LogP contribution is -2.29. The first kappa shape index (κ1) is 27.2. The molecule has 1 saturated heterocycles. The number of unbranched alkanes of at least 4 members (excludes halogenated alkanes) is 3. The van der Waals surface area contributed by atoms with Gasteiger partial charge in [0.25, 0.3) is 0 Å². The summed E-state index contributed by atoms with van der Waals surface area (Å²) >= 11 is 0. The van der Waals surface area contributed by atoms with E-state index in [0.29, 0.717) is 18.0 Å². The summed E-state index contributed by atoms with van der Waals surface area (Å²) in [6, 6.07) is 17.7. The molecule has 1 aliphatic heterocycles. The Morgan fingerprint density at radius 2 is 1.77 bits per heavy atom. The van der Waals surface area contributed by atoms with Crippen LogP contribution in [0.25, 0.3) is 6.08 Å². The number of allylic oxidation sites excluding steroid dienone is 3. The molecular formula is C31H41NO2S. The molecule has 0 bridgehead atoms. The maximum Gasteiger partial charge on any atom is 0.243 e. The van der Waals surface area contributed by atoms with Crippen LogP contribution < -0.4 is 0 Å². The molecule has 3 rings (SSSR count). The SMILES string of the molecule is C=CC[C@@H]1CN(S(=O)(=O)c2ccc(C)cc2)C[C@H]1/C=C/C/C(=C/c1ccccc1)CCCCCC. The highest BCUT2D eigenvalue weighted by Gasteiger charge is 2.37. The normalized spacial score (nSPS) is 19.4. The summed E-state index contributed by atoms with van der Waals surface area (Å²) in [6.45, 7) is 9.20. The van der Waals surface area contributed by atoms with E-state index >= 15 is 0 Å². The van der Waals surface area contributed by atoms with Gasteiger partial charge in [-0.15, -0.1) is 6.58 Å². The van der Waals surface area contributed by atoms with Crippen molar-refractivity contribution in [1.29, 1.82) is 0 Å². The van der Waals surface area contributed by atoms with Crippen LogP contribution in [0.4, 0.5) is 0 Å². The maximum atomic E-state index is 13.3. The Morgan fingerprint density at radius 3 is 2.46 bits per heavy atom. The Kier molecular flexibility index (Phi) is 10.6. The van der Waals surface area contributed by atoms with Gasteiger partial charge in [-0.05, 0) is 62.1 Å². The van der Waals surface area contributed by atoms with Gasteiger partial charge in [0.05, 0.1) is 4.90 Å². The van der Waals surface area contributed by atoms with E-state index in [2.05, 4.69) is 62.1 Å². The molecule has 0 radical (unpaired) electrons. The summed E-state index contributed by atoms with van der Waals surface area (Å²) in [6.07, 6.45) is 16.6. The molecule has 0 spiro atoms. The van der Waals surface area contributed by atoms with Crippen molar-refractivity contribution in [3.63, 3.8) is 0 Å². The number of aryl methyl sites for hydroxylation is 1. The standard InChI is InChI=1S/C31H41NO2S/c1-4-6-7-9-14-28(23-27-15-10-8-11-16-27)17-12-18-30-25-32(24-29(30)13-5-2)35(33,34)31-21-19-26(3)20-22-31/h5,8,10-12,15-16,18-23,29-30H,2,4,6-7,9,13-14,17,24-25H2,1,3H3/b18-12+,28-23+/t29-,30-/m1/s1. The van der Waals surface area contributed by atoms with Gasteiger partial charge in [-0.25, -0.2) is 8.42 Å². The van der Waals surface area contributed by atoms with E-state index < -0.39 is 10.0 Å². The van der Waals surface area contributed by atoms with Crippen molar-refractivity contribution in [3.05, 3.63) is 96.1 Å². The summed E-state index contributed by atoms with van der Waals surface area (Å²) in [5.41, 5.74) is 3.74. The molecule has 2 aromatic rings. The van der Waals surface area contributed by atoms with Crippen LogP contribution in [0, 0.1) is 18.8 Å². The van der Waals surface area contributed by atoms with Crippen LogP contribution in [0.1, 0.15) is 63.0 Å².